The molecule has 1 aliphatic heterocycles. The first-order valence-corrected chi connectivity index (χ1v) is 7.79. The van der Waals surface area contributed by atoms with Crippen molar-refractivity contribution < 1.29 is 9.47 Å². The fourth-order valence-electron chi connectivity index (χ4n) is 2.48. The molecule has 20 heavy (non-hydrogen) atoms. The van der Waals surface area contributed by atoms with Crippen molar-refractivity contribution in [1.29, 1.82) is 0 Å². The van der Waals surface area contributed by atoms with E-state index >= 15 is 0 Å². The van der Waals surface area contributed by atoms with Gasteiger partial charge in [-0.05, 0) is 11.4 Å². The molecule has 1 atom stereocenters. The largest absolute Gasteiger partial charge is 0.382 e. The summed E-state index contributed by atoms with van der Waals surface area (Å²) >= 11 is 1.67. The highest BCUT2D eigenvalue weighted by atomic mass is 32.1. The summed E-state index contributed by atoms with van der Waals surface area (Å²) < 4.78 is 10.9. The van der Waals surface area contributed by atoms with Crippen molar-refractivity contribution in [3.05, 3.63) is 17.3 Å². The smallest absolute Gasteiger partial charge is 0.141 e. The van der Waals surface area contributed by atoms with Gasteiger partial charge in [0.25, 0.3) is 0 Å². The number of aromatic nitrogens is 2. The molecule has 1 saturated heterocycles. The van der Waals surface area contributed by atoms with Crippen LogP contribution in [-0.4, -0.2) is 49.5 Å². The Morgan fingerprint density at radius 2 is 2.40 bits per heavy atom. The van der Waals surface area contributed by atoms with Gasteiger partial charge >= 0.3 is 0 Å². The number of fused-ring (bicyclic) bond motifs is 1. The Bertz CT molecular complexity index is 585. The number of ether oxygens (including phenoxy) is 2. The third kappa shape index (κ3) is 2.63. The van der Waals surface area contributed by atoms with E-state index in [9.17, 15) is 0 Å². The van der Waals surface area contributed by atoms with Crippen LogP contribution >= 0.6 is 11.3 Å². The SMILES string of the molecule is CCc1nc(N2CCOC(COC)C2)c2ccsc2n1. The maximum Gasteiger partial charge on any atom is 0.141 e. The van der Waals surface area contributed by atoms with Crippen molar-refractivity contribution in [2.75, 3.05) is 38.3 Å². The zero-order chi connectivity index (χ0) is 13.9. The number of methoxy groups -OCH3 is 1. The van der Waals surface area contributed by atoms with Gasteiger partial charge in [0, 0.05) is 26.6 Å². The molecule has 3 heterocycles. The van der Waals surface area contributed by atoms with Crippen LogP contribution in [0.5, 0.6) is 0 Å². The van der Waals surface area contributed by atoms with Gasteiger partial charge in [-0.2, -0.15) is 0 Å². The lowest BCUT2D eigenvalue weighted by Crippen LogP contribution is -2.44. The maximum absolute atomic E-state index is 5.71. The van der Waals surface area contributed by atoms with E-state index in [4.69, 9.17) is 14.5 Å². The first kappa shape index (κ1) is 13.7. The fourth-order valence-corrected chi connectivity index (χ4v) is 3.26. The maximum atomic E-state index is 5.71. The average molecular weight is 293 g/mol. The summed E-state index contributed by atoms with van der Waals surface area (Å²) in [6, 6.07) is 2.11. The summed E-state index contributed by atoms with van der Waals surface area (Å²) in [5.41, 5.74) is 0. The Labute approximate surface area is 122 Å². The molecule has 1 unspecified atom stereocenters. The van der Waals surface area contributed by atoms with Gasteiger partial charge in [0.15, 0.2) is 0 Å². The number of anilines is 1. The monoisotopic (exact) mass is 293 g/mol. The lowest BCUT2D eigenvalue weighted by Gasteiger charge is -2.33. The molecule has 0 aliphatic carbocycles. The van der Waals surface area contributed by atoms with Crippen LogP contribution < -0.4 is 4.90 Å². The van der Waals surface area contributed by atoms with Gasteiger partial charge in [-0.25, -0.2) is 9.97 Å². The van der Waals surface area contributed by atoms with Crippen molar-refractivity contribution in [1.82, 2.24) is 9.97 Å². The summed E-state index contributed by atoms with van der Waals surface area (Å²) in [7, 11) is 1.71. The van der Waals surface area contributed by atoms with Gasteiger partial charge in [0.2, 0.25) is 0 Å². The minimum atomic E-state index is 0.113. The summed E-state index contributed by atoms with van der Waals surface area (Å²) in [4.78, 5) is 12.7. The van der Waals surface area contributed by atoms with Crippen LogP contribution in [0, 0.1) is 0 Å². The fraction of sp³-hybridized carbons (Fsp3) is 0.571. The molecule has 2 aromatic heterocycles. The Balaban J connectivity index is 1.93. The quantitative estimate of drug-likeness (QED) is 0.864. The summed E-state index contributed by atoms with van der Waals surface area (Å²) in [5, 5.41) is 3.22. The lowest BCUT2D eigenvalue weighted by atomic mass is 10.2. The molecule has 0 saturated carbocycles. The molecule has 1 aliphatic rings. The Morgan fingerprint density at radius 1 is 1.50 bits per heavy atom. The van der Waals surface area contributed by atoms with Gasteiger partial charge in [0.05, 0.1) is 24.7 Å². The number of thiophene rings is 1. The van der Waals surface area contributed by atoms with Crippen LogP contribution in [0.25, 0.3) is 10.2 Å². The van der Waals surface area contributed by atoms with Crippen LogP contribution in [-0.2, 0) is 15.9 Å². The topological polar surface area (TPSA) is 47.5 Å². The minimum Gasteiger partial charge on any atom is -0.382 e. The van der Waals surface area contributed by atoms with E-state index in [1.165, 1.54) is 0 Å². The first-order chi connectivity index (χ1) is 9.81. The number of hydrogen-bond acceptors (Lipinski definition) is 6. The van der Waals surface area contributed by atoms with E-state index in [-0.39, 0.29) is 6.10 Å². The second kappa shape index (κ2) is 6.03. The summed E-state index contributed by atoms with van der Waals surface area (Å²) in [6.45, 7) is 5.11. The predicted octanol–water partition coefficient (Wildman–Crippen LogP) is 2.11. The van der Waals surface area contributed by atoms with Crippen LogP contribution in [0.15, 0.2) is 11.4 Å². The second-order valence-corrected chi connectivity index (χ2v) is 5.75. The lowest BCUT2D eigenvalue weighted by molar-refractivity contribution is -0.0101. The number of hydrogen-bond donors (Lipinski definition) is 0. The first-order valence-electron chi connectivity index (χ1n) is 6.91. The van der Waals surface area contributed by atoms with Crippen LogP contribution in [0.3, 0.4) is 0 Å². The van der Waals surface area contributed by atoms with Gasteiger partial charge in [-0.15, -0.1) is 11.3 Å². The van der Waals surface area contributed by atoms with Crippen LogP contribution in [0.4, 0.5) is 5.82 Å². The molecule has 1 fully saturated rings. The molecular weight excluding hydrogens is 274 g/mol. The molecule has 0 spiro atoms. The van der Waals surface area contributed by atoms with Crippen molar-refractivity contribution in [2.45, 2.75) is 19.4 Å². The molecule has 0 aromatic carbocycles. The van der Waals surface area contributed by atoms with E-state index in [1.807, 2.05) is 0 Å². The second-order valence-electron chi connectivity index (χ2n) is 4.85. The summed E-state index contributed by atoms with van der Waals surface area (Å²) in [6.07, 6.45) is 0.967. The molecule has 6 heteroatoms. The van der Waals surface area contributed by atoms with Crippen molar-refractivity contribution in [2.24, 2.45) is 0 Å². The van der Waals surface area contributed by atoms with Crippen molar-refractivity contribution in [3.8, 4) is 0 Å². The number of morpholine rings is 1. The van der Waals surface area contributed by atoms with Gasteiger partial charge < -0.3 is 14.4 Å². The van der Waals surface area contributed by atoms with Crippen molar-refractivity contribution in [3.63, 3.8) is 0 Å². The van der Waals surface area contributed by atoms with E-state index in [2.05, 4.69) is 28.3 Å². The average Bonchev–Trinajstić information content (AvgIpc) is 2.95. The highest BCUT2D eigenvalue weighted by Crippen LogP contribution is 2.29. The standard InChI is InChI=1S/C14H19N3O2S/c1-3-12-15-13(11-4-7-20-14(11)16-12)17-5-6-19-10(8-17)9-18-2/h4,7,10H,3,5-6,8-9H2,1-2H3. The number of rotatable bonds is 4. The molecule has 5 nitrogen and oxygen atoms in total. The van der Waals surface area contributed by atoms with Gasteiger partial charge in [-0.3, -0.25) is 0 Å². The van der Waals surface area contributed by atoms with Crippen LogP contribution in [0.1, 0.15) is 12.7 Å². The Kier molecular flexibility index (Phi) is 4.14. The molecule has 108 valence electrons. The highest BCUT2D eigenvalue weighted by Gasteiger charge is 2.23. The highest BCUT2D eigenvalue weighted by molar-refractivity contribution is 7.16. The molecule has 3 rings (SSSR count). The van der Waals surface area contributed by atoms with Gasteiger partial charge in [-0.1, -0.05) is 6.92 Å². The molecule has 0 radical (unpaired) electrons. The molecule has 2 aromatic rings. The minimum absolute atomic E-state index is 0.113. The number of nitrogens with zero attached hydrogens (tertiary/aromatic N) is 3. The molecule has 0 amide bonds. The predicted molar refractivity (Wildman–Crippen MR) is 80.6 cm³/mol. The van der Waals surface area contributed by atoms with E-state index in [0.29, 0.717) is 13.2 Å². The zero-order valence-electron chi connectivity index (χ0n) is 11.8. The van der Waals surface area contributed by atoms with E-state index in [0.717, 1.165) is 41.4 Å². The van der Waals surface area contributed by atoms with Crippen molar-refractivity contribution >= 4 is 27.4 Å². The Hall–Kier alpha value is -1.24. The third-order valence-electron chi connectivity index (χ3n) is 3.46. The Morgan fingerprint density at radius 3 is 3.20 bits per heavy atom. The molecule has 0 N–H and O–H groups in total. The summed E-state index contributed by atoms with van der Waals surface area (Å²) in [5.74, 6) is 1.95. The van der Waals surface area contributed by atoms with E-state index in [1.54, 1.807) is 18.4 Å². The van der Waals surface area contributed by atoms with Gasteiger partial charge in [0.1, 0.15) is 16.5 Å². The zero-order valence-corrected chi connectivity index (χ0v) is 12.7. The number of aryl methyl sites for hydroxylation is 1. The molecular formula is C14H19N3O2S. The normalized spacial score (nSPS) is 19.7. The third-order valence-corrected chi connectivity index (χ3v) is 4.26. The van der Waals surface area contributed by atoms with E-state index < -0.39 is 0 Å². The molecule has 0 bridgehead atoms. The van der Waals surface area contributed by atoms with Crippen LogP contribution in [0.2, 0.25) is 0 Å².